The van der Waals surface area contributed by atoms with Crippen LogP contribution in [0.25, 0.3) is 0 Å². The average Bonchev–Trinajstić information content (AvgIpc) is 3.68. The minimum Gasteiger partial charge on any atom is -0.355 e. The number of aromatic nitrogens is 2. The Morgan fingerprint density at radius 3 is 2.35 bits per heavy atom. The molecule has 1 aromatic carbocycles. The van der Waals surface area contributed by atoms with Gasteiger partial charge in [-0.2, -0.15) is 5.10 Å². The summed E-state index contributed by atoms with van der Waals surface area (Å²) in [5, 5.41) is 13.9. The predicted molar refractivity (Wildman–Crippen MR) is 165 cm³/mol. The fraction of sp³-hybridized carbons (Fsp3) is 0.657. The number of nitrogens with one attached hydrogen (secondary N) is 3. The third-order valence-corrected chi connectivity index (χ3v) is 11.9. The third-order valence-electron chi connectivity index (χ3n) is 11.9. The summed E-state index contributed by atoms with van der Waals surface area (Å²) in [6, 6.07) is 9.01. The molecule has 5 saturated carbocycles. The fourth-order valence-electron chi connectivity index (χ4n) is 9.05. The molecule has 8 heteroatoms. The molecule has 5 fully saturated rings. The van der Waals surface area contributed by atoms with Crippen molar-refractivity contribution in [3.8, 4) is 0 Å². The molecule has 0 saturated heterocycles. The van der Waals surface area contributed by atoms with E-state index >= 15 is 0 Å². The number of hydrogen-bond acceptors (Lipinski definition) is 4. The summed E-state index contributed by atoms with van der Waals surface area (Å²) in [7, 11) is 1.75. The lowest BCUT2D eigenvalue weighted by Gasteiger charge is -2.39. The van der Waals surface area contributed by atoms with Crippen LogP contribution in [0.5, 0.6) is 0 Å². The van der Waals surface area contributed by atoms with E-state index in [4.69, 9.17) is 0 Å². The maximum Gasteiger partial charge on any atom is 0.270 e. The van der Waals surface area contributed by atoms with Gasteiger partial charge in [-0.15, -0.1) is 0 Å². The second-order valence-corrected chi connectivity index (χ2v) is 14.7. The monoisotopic (exact) mass is 585 g/mol. The molecule has 7 rings (SSSR count). The van der Waals surface area contributed by atoms with Gasteiger partial charge in [-0.3, -0.25) is 19.1 Å². The van der Waals surface area contributed by atoms with E-state index < -0.39 is 11.5 Å². The van der Waals surface area contributed by atoms with Gasteiger partial charge in [0, 0.05) is 25.5 Å². The summed E-state index contributed by atoms with van der Waals surface area (Å²) in [4.78, 5) is 41.4. The first-order valence-electron chi connectivity index (χ1n) is 16.8. The van der Waals surface area contributed by atoms with Crippen molar-refractivity contribution in [2.24, 2.45) is 42.1 Å². The Morgan fingerprint density at radius 2 is 1.72 bits per heavy atom. The smallest absolute Gasteiger partial charge is 0.270 e. The van der Waals surface area contributed by atoms with Crippen molar-refractivity contribution in [2.75, 3.05) is 11.9 Å². The lowest BCUT2D eigenvalue weighted by atomic mass is 9.70. The molecule has 1 aromatic heterocycles. The van der Waals surface area contributed by atoms with Crippen LogP contribution in [0, 0.1) is 35.0 Å². The van der Waals surface area contributed by atoms with Crippen LogP contribution in [-0.2, 0) is 22.1 Å². The molecule has 230 valence electrons. The quantitative estimate of drug-likeness (QED) is 0.331. The Morgan fingerprint density at radius 1 is 0.977 bits per heavy atom. The molecule has 3 N–H and O–H groups in total. The van der Waals surface area contributed by atoms with Crippen LogP contribution in [0.3, 0.4) is 0 Å². The molecule has 8 nitrogen and oxygen atoms in total. The number of amides is 3. The van der Waals surface area contributed by atoms with E-state index in [-0.39, 0.29) is 29.1 Å². The third kappa shape index (κ3) is 5.40. The van der Waals surface area contributed by atoms with Crippen LogP contribution in [-0.4, -0.2) is 40.1 Å². The van der Waals surface area contributed by atoms with E-state index in [1.165, 1.54) is 38.5 Å². The van der Waals surface area contributed by atoms with E-state index in [1.54, 1.807) is 24.0 Å². The predicted octanol–water partition coefficient (Wildman–Crippen LogP) is 5.35. The molecule has 4 atom stereocenters. The highest BCUT2D eigenvalue weighted by Gasteiger charge is 2.61. The molecule has 3 unspecified atom stereocenters. The summed E-state index contributed by atoms with van der Waals surface area (Å²) >= 11 is 0. The van der Waals surface area contributed by atoms with Gasteiger partial charge in [-0.25, -0.2) is 0 Å². The van der Waals surface area contributed by atoms with Gasteiger partial charge >= 0.3 is 0 Å². The zero-order valence-corrected chi connectivity index (χ0v) is 25.7. The number of anilines is 1. The standard InChI is InChI=1S/C35H47N5O3/c1-34(15-7-16-34)21-36-33(43)35(17-3-4-18-35)23-8-5-9-24(20-23)38-32(42)30(39-31(41)27-14-19-37-40(27)2)28(22-12-13-22)29-25-10-6-11-26(25)29/h5,8-9,14,19-20,22,25-26,28-30H,3-4,6-7,10-13,15-18,21H2,1-2H3,(H,36,43)(H,38,42)(H,39,41)/t25?,26?,28?,29?,30-/m0/s1. The van der Waals surface area contributed by atoms with Crippen molar-refractivity contribution in [3.63, 3.8) is 0 Å². The van der Waals surface area contributed by atoms with Crippen molar-refractivity contribution in [3.05, 3.63) is 47.8 Å². The van der Waals surface area contributed by atoms with Gasteiger partial charge in [0.1, 0.15) is 11.7 Å². The molecular formula is C35H47N5O3. The molecule has 43 heavy (non-hydrogen) atoms. The Balaban J connectivity index is 1.12. The topological polar surface area (TPSA) is 105 Å². The highest BCUT2D eigenvalue weighted by Crippen LogP contribution is 2.65. The van der Waals surface area contributed by atoms with E-state index in [0.29, 0.717) is 35.1 Å². The zero-order valence-electron chi connectivity index (χ0n) is 25.7. The van der Waals surface area contributed by atoms with Crippen LogP contribution in [0.1, 0.15) is 100 Å². The lowest BCUT2D eigenvalue weighted by molar-refractivity contribution is -0.127. The van der Waals surface area contributed by atoms with Crippen LogP contribution >= 0.6 is 0 Å². The van der Waals surface area contributed by atoms with E-state index in [2.05, 4.69) is 28.0 Å². The SMILES string of the molecule is Cn1nccc1C(=O)N[C@H](C(=O)Nc1cccc(C2(C(=O)NCC3(C)CCC3)CCCC2)c1)C(C1CC1)C1C2CCCC21. The highest BCUT2D eigenvalue weighted by molar-refractivity contribution is 6.01. The zero-order chi connectivity index (χ0) is 29.8. The largest absolute Gasteiger partial charge is 0.355 e. The minimum absolute atomic E-state index is 0.122. The summed E-state index contributed by atoms with van der Waals surface area (Å²) in [5.74, 6) is 2.24. The molecular weight excluding hydrogens is 538 g/mol. The number of nitrogens with zero attached hydrogens (tertiary/aromatic N) is 2. The van der Waals surface area contributed by atoms with Crippen molar-refractivity contribution >= 4 is 23.4 Å². The van der Waals surface area contributed by atoms with Crippen molar-refractivity contribution < 1.29 is 14.4 Å². The van der Waals surface area contributed by atoms with Gasteiger partial charge in [-0.1, -0.05) is 44.7 Å². The highest BCUT2D eigenvalue weighted by atomic mass is 16.2. The van der Waals surface area contributed by atoms with E-state index in [9.17, 15) is 14.4 Å². The van der Waals surface area contributed by atoms with Crippen LogP contribution in [0.15, 0.2) is 36.5 Å². The molecule has 2 aromatic rings. The number of aryl methyl sites for hydroxylation is 1. The molecule has 0 spiro atoms. The van der Waals surface area contributed by atoms with Crippen LogP contribution in [0.2, 0.25) is 0 Å². The van der Waals surface area contributed by atoms with Gasteiger partial charge in [-0.05, 0) is 110 Å². The molecule has 3 amide bonds. The normalized spacial score (nSPS) is 27.8. The molecule has 0 radical (unpaired) electrons. The van der Waals surface area contributed by atoms with E-state index in [1.807, 2.05) is 24.3 Å². The second kappa shape index (κ2) is 11.1. The minimum atomic E-state index is -0.610. The van der Waals surface area contributed by atoms with Crippen molar-refractivity contribution in [2.45, 2.75) is 95.4 Å². The average molecular weight is 586 g/mol. The second-order valence-electron chi connectivity index (χ2n) is 14.7. The number of rotatable bonds is 11. The summed E-state index contributed by atoms with van der Waals surface area (Å²) in [5.41, 5.74) is 1.78. The summed E-state index contributed by atoms with van der Waals surface area (Å²) < 4.78 is 1.56. The van der Waals surface area contributed by atoms with E-state index in [0.717, 1.165) is 50.6 Å². The fourth-order valence-corrected chi connectivity index (χ4v) is 9.05. The Hall–Kier alpha value is -3.16. The molecule has 1 heterocycles. The maximum absolute atomic E-state index is 14.2. The lowest BCUT2D eigenvalue weighted by Crippen LogP contribution is -2.50. The van der Waals surface area contributed by atoms with Crippen LogP contribution in [0.4, 0.5) is 5.69 Å². The Kier molecular flexibility index (Phi) is 7.37. The first kappa shape index (κ1) is 28.6. The maximum atomic E-state index is 14.2. The van der Waals surface area contributed by atoms with Gasteiger partial charge in [0.2, 0.25) is 11.8 Å². The molecule has 0 aliphatic heterocycles. The number of benzene rings is 1. The number of carbonyl (C=O) groups excluding carboxylic acids is 3. The van der Waals surface area contributed by atoms with Gasteiger partial charge in [0.05, 0.1) is 5.41 Å². The summed E-state index contributed by atoms with van der Waals surface area (Å²) in [6.07, 6.45) is 14.9. The van der Waals surface area contributed by atoms with Gasteiger partial charge < -0.3 is 16.0 Å². The Labute approximate surface area is 255 Å². The van der Waals surface area contributed by atoms with Crippen molar-refractivity contribution in [1.29, 1.82) is 0 Å². The molecule has 0 bridgehead atoms. The first-order chi connectivity index (χ1) is 20.8. The van der Waals surface area contributed by atoms with Gasteiger partial charge in [0.15, 0.2) is 0 Å². The van der Waals surface area contributed by atoms with Crippen molar-refractivity contribution in [1.82, 2.24) is 20.4 Å². The number of fused-ring (bicyclic) bond motifs is 1. The Bertz CT molecular complexity index is 1380. The van der Waals surface area contributed by atoms with Gasteiger partial charge in [0.25, 0.3) is 5.91 Å². The summed E-state index contributed by atoms with van der Waals surface area (Å²) in [6.45, 7) is 3.00. The molecule has 5 aliphatic rings. The first-order valence-corrected chi connectivity index (χ1v) is 16.8. The number of hydrogen-bond donors (Lipinski definition) is 3. The molecule has 5 aliphatic carbocycles. The number of carbonyl (C=O) groups is 3. The van der Waals surface area contributed by atoms with Crippen LogP contribution < -0.4 is 16.0 Å².